The Morgan fingerprint density at radius 1 is 1.22 bits per heavy atom. The topological polar surface area (TPSA) is 94.4 Å². The molecule has 3 aromatic rings. The molecule has 164 valence electrons. The molecular formula is C24H26BrN7. The normalized spacial score (nSPS) is 16.8. The standard InChI is InChI=1S/C24H26BrN7/c25-21-15-32(12-8-17-3-1-2-9-28-17)24(26)31-23(21)30-18-4-5-22-19(13-18)20(14-29-22)16-6-10-27-11-7-16/h1-6,9,13-14,27,29-30H,7-8,10-12,15H2,(H2,26,31). The smallest absolute Gasteiger partial charge is 0.198 e. The van der Waals surface area contributed by atoms with Gasteiger partial charge in [-0.25, -0.2) is 0 Å². The molecule has 2 aliphatic heterocycles. The van der Waals surface area contributed by atoms with E-state index in [1.807, 2.05) is 24.4 Å². The number of hydrogen-bond donors (Lipinski definition) is 4. The maximum absolute atomic E-state index is 6.29. The van der Waals surface area contributed by atoms with Crippen molar-refractivity contribution in [1.29, 1.82) is 0 Å². The van der Waals surface area contributed by atoms with Crippen LogP contribution >= 0.6 is 15.9 Å². The Kier molecular flexibility index (Phi) is 5.96. The van der Waals surface area contributed by atoms with Crippen LogP contribution in [-0.2, 0) is 6.42 Å². The number of H-pyrrole nitrogens is 1. The number of hydrogen-bond acceptors (Lipinski definition) is 6. The van der Waals surface area contributed by atoms with Crippen LogP contribution < -0.4 is 16.4 Å². The average molecular weight is 492 g/mol. The third-order valence-electron chi connectivity index (χ3n) is 5.86. The molecule has 0 amide bonds. The van der Waals surface area contributed by atoms with Crippen LogP contribution in [0, 0.1) is 0 Å². The Morgan fingerprint density at radius 3 is 2.97 bits per heavy atom. The summed E-state index contributed by atoms with van der Waals surface area (Å²) in [6.45, 7) is 3.37. The monoisotopic (exact) mass is 491 g/mol. The Bertz CT molecular complexity index is 1210. The van der Waals surface area contributed by atoms with E-state index in [0.29, 0.717) is 12.5 Å². The number of fused-ring (bicyclic) bond motifs is 1. The van der Waals surface area contributed by atoms with Gasteiger partial charge in [0, 0.05) is 59.8 Å². The van der Waals surface area contributed by atoms with Gasteiger partial charge in [-0.2, -0.15) is 4.99 Å². The van der Waals surface area contributed by atoms with Crippen LogP contribution in [0.15, 0.2) is 70.2 Å². The number of aromatic amines is 1. The van der Waals surface area contributed by atoms with Gasteiger partial charge in [0.2, 0.25) is 0 Å². The Balaban J connectivity index is 1.32. The molecule has 4 heterocycles. The maximum Gasteiger partial charge on any atom is 0.198 e. The zero-order valence-electron chi connectivity index (χ0n) is 17.7. The van der Waals surface area contributed by atoms with Crippen LogP contribution in [0.4, 0.5) is 5.69 Å². The van der Waals surface area contributed by atoms with Gasteiger partial charge in [-0.15, -0.1) is 0 Å². The number of pyridine rings is 1. The fourth-order valence-corrected chi connectivity index (χ4v) is 4.61. The third-order valence-corrected chi connectivity index (χ3v) is 6.48. The number of nitrogens with two attached hydrogens (primary N) is 1. The first kappa shape index (κ1) is 20.8. The van der Waals surface area contributed by atoms with Gasteiger partial charge < -0.3 is 26.3 Å². The molecule has 7 nitrogen and oxygen atoms in total. The molecule has 0 spiro atoms. The van der Waals surface area contributed by atoms with Crippen molar-refractivity contribution in [3.8, 4) is 0 Å². The highest BCUT2D eigenvalue weighted by molar-refractivity contribution is 9.11. The number of benzene rings is 1. The van der Waals surface area contributed by atoms with Crippen LogP contribution in [0.5, 0.6) is 0 Å². The number of anilines is 1. The summed E-state index contributed by atoms with van der Waals surface area (Å²) in [6.07, 6.45) is 8.05. The molecule has 2 aromatic heterocycles. The molecule has 8 heteroatoms. The summed E-state index contributed by atoms with van der Waals surface area (Å²) in [6, 6.07) is 12.3. The van der Waals surface area contributed by atoms with Crippen LogP contribution in [0.2, 0.25) is 0 Å². The fourth-order valence-electron chi connectivity index (χ4n) is 4.12. The summed E-state index contributed by atoms with van der Waals surface area (Å²) in [5.41, 5.74) is 12.1. The van der Waals surface area contributed by atoms with E-state index in [4.69, 9.17) is 5.73 Å². The van der Waals surface area contributed by atoms with Gasteiger partial charge in [0.25, 0.3) is 0 Å². The molecule has 5 rings (SSSR count). The minimum Gasteiger partial charge on any atom is -0.369 e. The van der Waals surface area contributed by atoms with Gasteiger partial charge in [0.15, 0.2) is 5.96 Å². The lowest BCUT2D eigenvalue weighted by Gasteiger charge is -2.28. The molecule has 0 aliphatic carbocycles. The highest BCUT2D eigenvalue weighted by atomic mass is 79.9. The number of nitrogens with zero attached hydrogens (tertiary/aromatic N) is 3. The molecule has 0 atom stereocenters. The largest absolute Gasteiger partial charge is 0.369 e. The molecule has 1 aromatic carbocycles. The van der Waals surface area contributed by atoms with Gasteiger partial charge >= 0.3 is 0 Å². The van der Waals surface area contributed by atoms with Crippen molar-refractivity contribution in [2.24, 2.45) is 10.7 Å². The molecule has 0 saturated heterocycles. The van der Waals surface area contributed by atoms with Crippen LogP contribution in [0.25, 0.3) is 16.5 Å². The van der Waals surface area contributed by atoms with Crippen molar-refractivity contribution in [2.75, 3.05) is 31.5 Å². The first-order valence-corrected chi connectivity index (χ1v) is 11.6. The van der Waals surface area contributed by atoms with E-state index in [2.05, 4.69) is 76.9 Å². The van der Waals surface area contributed by atoms with E-state index < -0.39 is 0 Å². The van der Waals surface area contributed by atoms with Crippen molar-refractivity contribution < 1.29 is 0 Å². The van der Waals surface area contributed by atoms with E-state index in [0.717, 1.165) is 59.7 Å². The molecule has 5 N–H and O–H groups in total. The summed E-state index contributed by atoms with van der Waals surface area (Å²) < 4.78 is 0.975. The molecule has 0 radical (unpaired) electrons. The van der Waals surface area contributed by atoms with Gasteiger partial charge in [-0.3, -0.25) is 4.98 Å². The minimum absolute atomic E-state index is 0.509. The van der Waals surface area contributed by atoms with Crippen molar-refractivity contribution in [2.45, 2.75) is 12.8 Å². The SMILES string of the molecule is NC1=NC(Nc2ccc3[nH]cc(C4=CCNCC4)c3c2)=C(Br)CN1CCc1ccccn1. The lowest BCUT2D eigenvalue weighted by atomic mass is 9.99. The Hall–Kier alpha value is -3.10. The van der Waals surface area contributed by atoms with Gasteiger partial charge in [-0.1, -0.05) is 12.1 Å². The quantitative estimate of drug-likeness (QED) is 0.420. The molecule has 32 heavy (non-hydrogen) atoms. The predicted octanol–water partition coefficient (Wildman–Crippen LogP) is 3.79. The Morgan fingerprint density at radius 2 is 2.16 bits per heavy atom. The molecule has 0 fully saturated rings. The average Bonchev–Trinajstić information content (AvgIpc) is 3.25. The van der Waals surface area contributed by atoms with Crippen molar-refractivity contribution in [1.82, 2.24) is 20.2 Å². The first-order chi connectivity index (χ1) is 15.7. The molecule has 0 unspecified atom stereocenters. The third kappa shape index (κ3) is 4.42. The highest BCUT2D eigenvalue weighted by Gasteiger charge is 2.19. The summed E-state index contributed by atoms with van der Waals surface area (Å²) in [4.78, 5) is 14.5. The summed E-state index contributed by atoms with van der Waals surface area (Å²) in [5, 5.41) is 8.04. The molecule has 2 aliphatic rings. The first-order valence-electron chi connectivity index (χ1n) is 10.8. The lowest BCUT2D eigenvalue weighted by molar-refractivity contribution is 0.448. The van der Waals surface area contributed by atoms with Gasteiger partial charge in [-0.05, 0) is 64.8 Å². The second kappa shape index (κ2) is 9.18. The zero-order chi connectivity index (χ0) is 21.9. The number of aromatic nitrogens is 2. The number of nitrogens with one attached hydrogen (secondary N) is 3. The summed E-state index contributed by atoms with van der Waals surface area (Å²) in [7, 11) is 0. The molecular weight excluding hydrogens is 466 g/mol. The highest BCUT2D eigenvalue weighted by Crippen LogP contribution is 2.31. The minimum atomic E-state index is 0.509. The molecule has 0 bridgehead atoms. The number of halogens is 1. The van der Waals surface area contributed by atoms with Crippen LogP contribution in [-0.4, -0.2) is 47.0 Å². The number of guanidine groups is 1. The van der Waals surface area contributed by atoms with Crippen molar-refractivity contribution in [3.05, 3.63) is 76.4 Å². The van der Waals surface area contributed by atoms with Gasteiger partial charge in [0.05, 0.1) is 11.0 Å². The fraction of sp³-hybridized carbons (Fsp3) is 0.250. The van der Waals surface area contributed by atoms with Crippen molar-refractivity contribution >= 4 is 44.1 Å². The van der Waals surface area contributed by atoms with E-state index in [1.165, 1.54) is 16.5 Å². The second-order valence-corrected chi connectivity index (χ2v) is 8.94. The summed E-state index contributed by atoms with van der Waals surface area (Å²) >= 11 is 3.70. The maximum atomic E-state index is 6.29. The van der Waals surface area contributed by atoms with E-state index in [9.17, 15) is 0 Å². The molecule has 0 saturated carbocycles. The lowest BCUT2D eigenvalue weighted by Crippen LogP contribution is -2.42. The van der Waals surface area contributed by atoms with Crippen molar-refractivity contribution in [3.63, 3.8) is 0 Å². The zero-order valence-corrected chi connectivity index (χ0v) is 19.3. The van der Waals surface area contributed by atoms with E-state index in [-0.39, 0.29) is 0 Å². The summed E-state index contributed by atoms with van der Waals surface area (Å²) in [5.74, 6) is 1.25. The Labute approximate surface area is 195 Å². The second-order valence-electron chi connectivity index (χ2n) is 7.99. The van der Waals surface area contributed by atoms with Crippen LogP contribution in [0.3, 0.4) is 0 Å². The van der Waals surface area contributed by atoms with E-state index in [1.54, 1.807) is 0 Å². The van der Waals surface area contributed by atoms with Crippen LogP contribution in [0.1, 0.15) is 17.7 Å². The number of aliphatic imine (C=N–C) groups is 1. The number of rotatable bonds is 6. The van der Waals surface area contributed by atoms with E-state index >= 15 is 0 Å². The predicted molar refractivity (Wildman–Crippen MR) is 134 cm³/mol. The van der Waals surface area contributed by atoms with Gasteiger partial charge in [0.1, 0.15) is 5.82 Å².